The standard InChI is InChI=1S/C22H25N3O3/c1-3-25(16(2)18-6-4-17(14-23)5-7-18)22(27)19-8-11-24(12-9-19)21(26)20-10-13-28-15-20/h4-7,10,13,15-16,19H,3,8-9,11-12H2,1-2H3. The maximum absolute atomic E-state index is 13.1. The molecule has 1 atom stereocenters. The van der Waals surface area contributed by atoms with Gasteiger partial charge in [0.25, 0.3) is 5.91 Å². The molecule has 0 aliphatic carbocycles. The van der Waals surface area contributed by atoms with Crippen LogP contribution in [0.2, 0.25) is 0 Å². The van der Waals surface area contributed by atoms with Gasteiger partial charge in [-0.3, -0.25) is 9.59 Å². The topological polar surface area (TPSA) is 77.6 Å². The highest BCUT2D eigenvalue weighted by atomic mass is 16.3. The summed E-state index contributed by atoms with van der Waals surface area (Å²) in [5.41, 5.74) is 2.18. The number of rotatable bonds is 5. The first kappa shape index (κ1) is 19.7. The molecule has 3 rings (SSSR count). The van der Waals surface area contributed by atoms with Crippen molar-refractivity contribution in [1.82, 2.24) is 9.80 Å². The third-order valence-electron chi connectivity index (χ3n) is 5.51. The van der Waals surface area contributed by atoms with Crippen molar-refractivity contribution in [3.63, 3.8) is 0 Å². The molecule has 1 aliphatic rings. The summed E-state index contributed by atoms with van der Waals surface area (Å²) in [7, 11) is 0. The molecule has 0 N–H and O–H groups in total. The van der Waals surface area contributed by atoms with E-state index in [1.165, 1.54) is 12.5 Å². The fourth-order valence-corrected chi connectivity index (χ4v) is 3.77. The molecule has 1 aromatic carbocycles. The van der Waals surface area contributed by atoms with E-state index in [4.69, 9.17) is 9.68 Å². The van der Waals surface area contributed by atoms with Gasteiger partial charge in [0, 0.05) is 25.6 Å². The van der Waals surface area contributed by atoms with Crippen molar-refractivity contribution in [2.45, 2.75) is 32.7 Å². The molecule has 1 fully saturated rings. The maximum Gasteiger partial charge on any atom is 0.257 e. The molecular formula is C22H25N3O3. The molecule has 2 aromatic rings. The Bertz CT molecular complexity index is 844. The molecule has 6 heteroatoms. The number of benzene rings is 1. The summed E-state index contributed by atoms with van der Waals surface area (Å²) in [5, 5.41) is 8.95. The third-order valence-corrected chi connectivity index (χ3v) is 5.51. The summed E-state index contributed by atoms with van der Waals surface area (Å²) >= 11 is 0. The van der Waals surface area contributed by atoms with Crippen LogP contribution in [0, 0.1) is 17.2 Å². The lowest BCUT2D eigenvalue weighted by atomic mass is 9.93. The zero-order chi connectivity index (χ0) is 20.1. The molecule has 1 unspecified atom stereocenters. The van der Waals surface area contributed by atoms with E-state index in [9.17, 15) is 9.59 Å². The molecule has 2 heterocycles. The van der Waals surface area contributed by atoms with Gasteiger partial charge in [0.2, 0.25) is 5.91 Å². The van der Waals surface area contributed by atoms with Gasteiger partial charge < -0.3 is 14.2 Å². The zero-order valence-corrected chi connectivity index (χ0v) is 16.3. The van der Waals surface area contributed by atoms with Crippen LogP contribution >= 0.6 is 0 Å². The highest BCUT2D eigenvalue weighted by Gasteiger charge is 2.32. The summed E-state index contributed by atoms with van der Waals surface area (Å²) in [6, 6.07) is 11.1. The highest BCUT2D eigenvalue weighted by Crippen LogP contribution is 2.27. The van der Waals surface area contributed by atoms with Crippen molar-refractivity contribution in [2.75, 3.05) is 19.6 Å². The van der Waals surface area contributed by atoms with Crippen LogP contribution in [0.5, 0.6) is 0 Å². The second-order valence-electron chi connectivity index (χ2n) is 7.11. The zero-order valence-electron chi connectivity index (χ0n) is 16.3. The van der Waals surface area contributed by atoms with E-state index < -0.39 is 0 Å². The van der Waals surface area contributed by atoms with E-state index in [2.05, 4.69) is 6.07 Å². The van der Waals surface area contributed by atoms with Gasteiger partial charge in [0.05, 0.1) is 29.5 Å². The lowest BCUT2D eigenvalue weighted by Crippen LogP contribution is -2.45. The average Bonchev–Trinajstić information content (AvgIpc) is 3.28. The number of furan rings is 1. The van der Waals surface area contributed by atoms with E-state index in [0.29, 0.717) is 43.6 Å². The molecule has 0 bridgehead atoms. The second kappa shape index (κ2) is 8.75. The van der Waals surface area contributed by atoms with E-state index in [-0.39, 0.29) is 23.8 Å². The predicted molar refractivity (Wildman–Crippen MR) is 104 cm³/mol. The molecular weight excluding hydrogens is 354 g/mol. The number of carbonyl (C=O) groups is 2. The Morgan fingerprint density at radius 3 is 2.46 bits per heavy atom. The Morgan fingerprint density at radius 1 is 1.25 bits per heavy atom. The number of hydrogen-bond donors (Lipinski definition) is 0. The smallest absolute Gasteiger partial charge is 0.257 e. The minimum Gasteiger partial charge on any atom is -0.472 e. The Hall–Kier alpha value is -3.07. The van der Waals surface area contributed by atoms with E-state index in [0.717, 1.165) is 5.56 Å². The Kier molecular flexibility index (Phi) is 6.15. The largest absolute Gasteiger partial charge is 0.472 e. The van der Waals surface area contributed by atoms with Crippen LogP contribution in [0.4, 0.5) is 0 Å². The number of nitrogens with zero attached hydrogens (tertiary/aromatic N) is 3. The van der Waals surface area contributed by atoms with Crippen molar-refractivity contribution in [3.8, 4) is 6.07 Å². The molecule has 2 amide bonds. The van der Waals surface area contributed by atoms with Crippen molar-refractivity contribution in [3.05, 3.63) is 59.5 Å². The van der Waals surface area contributed by atoms with Crippen molar-refractivity contribution >= 4 is 11.8 Å². The number of amides is 2. The normalized spacial score (nSPS) is 15.7. The summed E-state index contributed by atoms with van der Waals surface area (Å²) in [5.74, 6) is 0.0156. The quantitative estimate of drug-likeness (QED) is 0.795. The van der Waals surface area contributed by atoms with Crippen LogP contribution in [-0.2, 0) is 4.79 Å². The second-order valence-corrected chi connectivity index (χ2v) is 7.11. The Labute approximate surface area is 165 Å². The molecule has 1 saturated heterocycles. The maximum atomic E-state index is 13.1. The van der Waals surface area contributed by atoms with Gasteiger partial charge in [0.1, 0.15) is 6.26 Å². The first-order chi connectivity index (χ1) is 13.5. The van der Waals surface area contributed by atoms with Crippen LogP contribution in [0.25, 0.3) is 0 Å². The van der Waals surface area contributed by atoms with Gasteiger partial charge in [0.15, 0.2) is 0 Å². The number of nitriles is 1. The Morgan fingerprint density at radius 2 is 1.93 bits per heavy atom. The third kappa shape index (κ3) is 4.09. The Balaban J connectivity index is 1.62. The molecule has 1 aliphatic heterocycles. The van der Waals surface area contributed by atoms with Crippen LogP contribution in [0.1, 0.15) is 54.2 Å². The van der Waals surface area contributed by atoms with Crippen molar-refractivity contribution in [2.24, 2.45) is 5.92 Å². The number of carbonyl (C=O) groups excluding carboxylic acids is 2. The molecule has 0 radical (unpaired) electrons. The minimum absolute atomic E-state index is 0.0436. The first-order valence-corrected chi connectivity index (χ1v) is 9.67. The van der Waals surface area contributed by atoms with Crippen LogP contribution in [0.3, 0.4) is 0 Å². The van der Waals surface area contributed by atoms with Gasteiger partial charge in [-0.2, -0.15) is 5.26 Å². The molecule has 6 nitrogen and oxygen atoms in total. The highest BCUT2D eigenvalue weighted by molar-refractivity contribution is 5.94. The van der Waals surface area contributed by atoms with E-state index >= 15 is 0 Å². The van der Waals surface area contributed by atoms with E-state index in [1.807, 2.05) is 30.9 Å². The molecule has 1 aromatic heterocycles. The van der Waals surface area contributed by atoms with Gasteiger partial charge in [-0.15, -0.1) is 0 Å². The van der Waals surface area contributed by atoms with Crippen LogP contribution < -0.4 is 0 Å². The van der Waals surface area contributed by atoms with Crippen molar-refractivity contribution in [1.29, 1.82) is 5.26 Å². The molecule has 146 valence electrons. The molecule has 0 spiro atoms. The summed E-state index contributed by atoms with van der Waals surface area (Å²) < 4.78 is 4.99. The van der Waals surface area contributed by atoms with Gasteiger partial charge in [-0.25, -0.2) is 0 Å². The summed E-state index contributed by atoms with van der Waals surface area (Å²) in [6.07, 6.45) is 4.28. The fraction of sp³-hybridized carbons (Fsp3) is 0.409. The van der Waals surface area contributed by atoms with Crippen LogP contribution in [-0.4, -0.2) is 41.2 Å². The monoisotopic (exact) mass is 379 g/mol. The van der Waals surface area contributed by atoms with E-state index in [1.54, 1.807) is 23.1 Å². The van der Waals surface area contributed by atoms with Gasteiger partial charge in [-0.05, 0) is 50.5 Å². The van der Waals surface area contributed by atoms with Gasteiger partial charge >= 0.3 is 0 Å². The lowest BCUT2D eigenvalue weighted by molar-refractivity contribution is -0.139. The molecule has 28 heavy (non-hydrogen) atoms. The fourth-order valence-electron chi connectivity index (χ4n) is 3.77. The number of hydrogen-bond acceptors (Lipinski definition) is 4. The number of piperidine rings is 1. The molecule has 0 saturated carbocycles. The number of likely N-dealkylation sites (tertiary alicyclic amines) is 1. The average molecular weight is 379 g/mol. The summed E-state index contributed by atoms with van der Waals surface area (Å²) in [6.45, 7) is 5.76. The first-order valence-electron chi connectivity index (χ1n) is 9.67. The van der Waals surface area contributed by atoms with Gasteiger partial charge in [-0.1, -0.05) is 12.1 Å². The summed E-state index contributed by atoms with van der Waals surface area (Å²) in [4.78, 5) is 29.2. The van der Waals surface area contributed by atoms with Crippen LogP contribution in [0.15, 0.2) is 47.3 Å². The minimum atomic E-state index is -0.0748. The van der Waals surface area contributed by atoms with Crippen molar-refractivity contribution < 1.29 is 14.0 Å². The lowest BCUT2D eigenvalue weighted by Gasteiger charge is -2.36. The predicted octanol–water partition coefficient (Wildman–Crippen LogP) is 3.61. The SMILES string of the molecule is CCN(C(=O)C1CCN(C(=O)c2ccoc2)CC1)C(C)c1ccc(C#N)cc1.